The molecule has 0 aliphatic carbocycles. The van der Waals surface area contributed by atoms with Crippen LogP contribution in [0, 0.1) is 0 Å². The molecule has 1 amide bonds. The van der Waals surface area contributed by atoms with Crippen molar-refractivity contribution in [1.29, 1.82) is 0 Å². The van der Waals surface area contributed by atoms with Gasteiger partial charge in [-0.05, 0) is 23.6 Å². The minimum atomic E-state index is -3.49. The molecule has 0 spiro atoms. The molecule has 0 fully saturated rings. The van der Waals surface area contributed by atoms with Crippen molar-refractivity contribution < 1.29 is 17.7 Å². The smallest absolute Gasteiger partial charge is 0.291 e. The van der Waals surface area contributed by atoms with Crippen LogP contribution >= 0.6 is 11.3 Å². The second kappa shape index (κ2) is 5.36. The zero-order valence-electron chi connectivity index (χ0n) is 12.5. The van der Waals surface area contributed by atoms with Gasteiger partial charge in [0.15, 0.2) is 0 Å². The minimum Gasteiger partial charge on any atom is -0.348 e. The lowest BCUT2D eigenvalue weighted by atomic mass is 10.2. The maximum atomic E-state index is 12.6. The molecule has 0 saturated carbocycles. The van der Waals surface area contributed by atoms with Gasteiger partial charge in [0, 0.05) is 24.7 Å². The van der Waals surface area contributed by atoms with Crippen molar-refractivity contribution in [3.63, 3.8) is 0 Å². The zero-order chi connectivity index (χ0) is 16.9. The molecular formula is C14H12N4O4S2. The third-order valence-electron chi connectivity index (χ3n) is 3.87. The fourth-order valence-electron chi connectivity index (χ4n) is 2.67. The molecule has 3 aromatic rings. The van der Waals surface area contributed by atoms with Gasteiger partial charge in [-0.1, -0.05) is 5.16 Å². The van der Waals surface area contributed by atoms with E-state index in [9.17, 15) is 13.2 Å². The van der Waals surface area contributed by atoms with Crippen LogP contribution in [0.25, 0.3) is 11.0 Å². The van der Waals surface area contributed by atoms with Gasteiger partial charge in [0.25, 0.3) is 5.91 Å². The van der Waals surface area contributed by atoms with Gasteiger partial charge in [0.2, 0.25) is 21.4 Å². The van der Waals surface area contributed by atoms with Crippen LogP contribution < -0.4 is 5.32 Å². The highest BCUT2D eigenvalue weighted by molar-refractivity contribution is 7.89. The van der Waals surface area contributed by atoms with Crippen molar-refractivity contribution in [3.05, 3.63) is 40.4 Å². The van der Waals surface area contributed by atoms with Crippen molar-refractivity contribution in [2.75, 3.05) is 13.6 Å². The van der Waals surface area contributed by atoms with Crippen LogP contribution in [0.15, 0.2) is 39.2 Å². The number of sulfonamides is 1. The quantitative estimate of drug-likeness (QED) is 0.737. The number of thiophene rings is 1. The van der Waals surface area contributed by atoms with E-state index in [4.69, 9.17) is 4.52 Å². The summed E-state index contributed by atoms with van der Waals surface area (Å²) in [7, 11) is -2.00. The number of aromatic nitrogens is 2. The molecule has 24 heavy (non-hydrogen) atoms. The first-order valence-corrected chi connectivity index (χ1v) is 9.35. The van der Waals surface area contributed by atoms with E-state index in [0.717, 1.165) is 0 Å². The van der Waals surface area contributed by atoms with Crippen LogP contribution in [0.5, 0.6) is 0 Å². The second-order valence-electron chi connectivity index (χ2n) is 5.35. The molecule has 3 aromatic heterocycles. The molecule has 1 aliphatic heterocycles. The Balaban J connectivity index is 1.68. The molecule has 0 saturated heterocycles. The first kappa shape index (κ1) is 15.2. The van der Waals surface area contributed by atoms with Gasteiger partial charge in [0.05, 0.1) is 16.3 Å². The normalized spacial score (nSPS) is 20.0. The highest BCUT2D eigenvalue weighted by Gasteiger charge is 2.37. The Morgan fingerprint density at radius 1 is 1.46 bits per heavy atom. The first-order valence-electron chi connectivity index (χ1n) is 7.03. The summed E-state index contributed by atoms with van der Waals surface area (Å²) >= 11 is 1.30. The van der Waals surface area contributed by atoms with Crippen molar-refractivity contribution >= 4 is 38.3 Å². The summed E-state index contributed by atoms with van der Waals surface area (Å²) < 4.78 is 30.9. The van der Waals surface area contributed by atoms with Gasteiger partial charge in [-0.15, -0.1) is 11.3 Å². The van der Waals surface area contributed by atoms with Crippen LogP contribution in [0.1, 0.15) is 21.5 Å². The summed E-state index contributed by atoms with van der Waals surface area (Å²) in [4.78, 5) is 17.4. The lowest BCUT2D eigenvalue weighted by Gasteiger charge is -2.29. The number of carbonyl (C=O) groups is 1. The maximum absolute atomic E-state index is 12.6. The van der Waals surface area contributed by atoms with Crippen LogP contribution in [-0.2, 0) is 10.0 Å². The number of carbonyl (C=O) groups excluding carboxylic acids is 1. The van der Waals surface area contributed by atoms with E-state index < -0.39 is 22.0 Å². The van der Waals surface area contributed by atoms with E-state index in [1.165, 1.54) is 22.7 Å². The number of rotatable bonds is 2. The van der Waals surface area contributed by atoms with Crippen LogP contribution in [0.2, 0.25) is 0 Å². The predicted molar refractivity (Wildman–Crippen MR) is 86.1 cm³/mol. The zero-order valence-corrected chi connectivity index (χ0v) is 14.1. The molecule has 4 heterocycles. The standard InChI is InChI=1S/C14H12N4O4S2/c1-18-7-9(12-10(4-6-23-12)24(18,20)21)16-14(19)11-8-3-2-5-15-13(8)17-22-11/h2-6,9H,7H2,1H3,(H,16,19). The molecule has 124 valence electrons. The predicted octanol–water partition coefficient (Wildman–Crippen LogP) is 1.39. The topological polar surface area (TPSA) is 105 Å². The van der Waals surface area contributed by atoms with Crippen LogP contribution in [0.3, 0.4) is 0 Å². The number of nitrogens with one attached hydrogen (secondary N) is 1. The molecule has 0 radical (unpaired) electrons. The molecule has 1 atom stereocenters. The van der Waals surface area contributed by atoms with Gasteiger partial charge in [-0.2, -0.15) is 4.31 Å². The molecule has 0 bridgehead atoms. The number of nitrogens with zero attached hydrogens (tertiary/aromatic N) is 3. The minimum absolute atomic E-state index is 0.0623. The van der Waals surface area contributed by atoms with E-state index in [1.807, 2.05) is 0 Å². The number of fused-ring (bicyclic) bond motifs is 2. The number of amides is 1. The average Bonchev–Trinajstić information content (AvgIpc) is 3.20. The van der Waals surface area contributed by atoms with E-state index in [1.54, 1.807) is 29.8 Å². The summed E-state index contributed by atoms with van der Waals surface area (Å²) in [5.41, 5.74) is 0.350. The number of hydrogen-bond donors (Lipinski definition) is 1. The van der Waals surface area contributed by atoms with Gasteiger partial charge in [0.1, 0.15) is 0 Å². The summed E-state index contributed by atoms with van der Waals surface area (Å²) in [6, 6.07) is 4.49. The number of pyridine rings is 1. The lowest BCUT2D eigenvalue weighted by molar-refractivity contribution is 0.0897. The van der Waals surface area contributed by atoms with Crippen molar-refractivity contribution in [1.82, 2.24) is 19.8 Å². The van der Waals surface area contributed by atoms with Gasteiger partial charge in [-0.3, -0.25) is 4.79 Å². The van der Waals surface area contributed by atoms with Crippen molar-refractivity contribution in [2.24, 2.45) is 0 Å². The number of hydrogen-bond acceptors (Lipinski definition) is 7. The van der Waals surface area contributed by atoms with E-state index in [0.29, 0.717) is 15.9 Å². The lowest BCUT2D eigenvalue weighted by Crippen LogP contribution is -2.42. The molecule has 8 nitrogen and oxygen atoms in total. The molecule has 10 heteroatoms. The van der Waals surface area contributed by atoms with Gasteiger partial charge >= 0.3 is 0 Å². The fraction of sp³-hybridized carbons (Fsp3) is 0.214. The monoisotopic (exact) mass is 364 g/mol. The maximum Gasteiger partial charge on any atom is 0.291 e. The fourth-order valence-corrected chi connectivity index (χ4v) is 5.36. The Hall–Kier alpha value is -2.30. The van der Waals surface area contributed by atoms with Crippen molar-refractivity contribution in [2.45, 2.75) is 10.9 Å². The Kier molecular flexibility index (Phi) is 3.41. The Morgan fingerprint density at radius 2 is 2.29 bits per heavy atom. The highest BCUT2D eigenvalue weighted by atomic mass is 32.2. The highest BCUT2D eigenvalue weighted by Crippen LogP contribution is 2.35. The third-order valence-corrected chi connectivity index (χ3v) is 6.91. The Labute approximate surface area is 141 Å². The third kappa shape index (κ3) is 2.22. The summed E-state index contributed by atoms with van der Waals surface area (Å²) in [5.74, 6) is -0.394. The number of likely N-dealkylation sites (N-methyl/N-ethyl adjacent to an activating group) is 1. The van der Waals surface area contributed by atoms with E-state index in [-0.39, 0.29) is 17.2 Å². The second-order valence-corrected chi connectivity index (χ2v) is 8.31. The summed E-state index contributed by atoms with van der Waals surface area (Å²) in [6.45, 7) is 0.159. The van der Waals surface area contributed by atoms with Gasteiger partial charge in [-0.25, -0.2) is 13.4 Å². The van der Waals surface area contributed by atoms with Crippen molar-refractivity contribution in [3.8, 4) is 0 Å². The summed E-state index contributed by atoms with van der Waals surface area (Å²) in [5, 5.41) is 8.80. The molecule has 1 aliphatic rings. The largest absolute Gasteiger partial charge is 0.348 e. The molecule has 1 N–H and O–H groups in total. The van der Waals surface area contributed by atoms with Gasteiger partial charge < -0.3 is 9.84 Å². The Bertz CT molecular complexity index is 1040. The summed E-state index contributed by atoms with van der Waals surface area (Å²) in [6.07, 6.45) is 1.56. The molecular weight excluding hydrogens is 352 g/mol. The molecule has 4 rings (SSSR count). The molecule has 0 aromatic carbocycles. The van der Waals surface area contributed by atoms with E-state index >= 15 is 0 Å². The van der Waals surface area contributed by atoms with Crippen LogP contribution in [0.4, 0.5) is 0 Å². The van der Waals surface area contributed by atoms with E-state index in [2.05, 4.69) is 15.5 Å². The average molecular weight is 364 g/mol. The molecule has 1 unspecified atom stereocenters. The first-order chi connectivity index (χ1) is 11.5. The Morgan fingerprint density at radius 3 is 3.12 bits per heavy atom. The SMILES string of the molecule is CN1CC(NC(=O)c2onc3ncccc23)c2sccc2S1(=O)=O. The van der Waals surface area contributed by atoms with Crippen LogP contribution in [-0.4, -0.2) is 42.4 Å².